The Labute approximate surface area is 125 Å². The van der Waals surface area contributed by atoms with Gasteiger partial charge in [-0.2, -0.15) is 0 Å². The van der Waals surface area contributed by atoms with E-state index >= 15 is 0 Å². The Morgan fingerprint density at radius 2 is 1.80 bits per heavy atom. The Kier molecular flexibility index (Phi) is 6.35. The number of carbonyl (C=O) groups excluding carboxylic acids is 1. The fourth-order valence-electron chi connectivity index (χ4n) is 2.49. The molecule has 4 N–H and O–H groups in total. The van der Waals surface area contributed by atoms with Gasteiger partial charge in [-0.15, -0.1) is 0 Å². The maximum absolute atomic E-state index is 12.4. The summed E-state index contributed by atoms with van der Waals surface area (Å²) in [4.78, 5) is 12.6. The number of thiocarbonyl (C=S) groups is 1. The molecule has 0 unspecified atom stereocenters. The minimum Gasteiger partial charge on any atom is -0.392 e. The van der Waals surface area contributed by atoms with E-state index in [0.29, 0.717) is 12.8 Å². The van der Waals surface area contributed by atoms with E-state index in [-0.39, 0.29) is 23.2 Å². The first-order chi connectivity index (χ1) is 9.34. The van der Waals surface area contributed by atoms with Gasteiger partial charge in [0.15, 0.2) is 0 Å². The second-order valence-corrected chi connectivity index (χ2v) is 7.63. The van der Waals surface area contributed by atoms with Gasteiger partial charge in [-0.1, -0.05) is 37.9 Å². The van der Waals surface area contributed by atoms with Gasteiger partial charge in [0.25, 0.3) is 0 Å². The van der Waals surface area contributed by atoms with Crippen LogP contribution in [-0.4, -0.2) is 38.7 Å². The predicted octanol–water partition coefficient (Wildman–Crippen LogP) is 0.278. The third kappa shape index (κ3) is 4.39. The average molecular weight is 321 g/mol. The molecule has 8 heteroatoms. The Balaban J connectivity index is 2.68. The molecular weight excluding hydrogens is 298 g/mol. The molecular formula is C12H23N3O3S2. The molecule has 0 heterocycles. The van der Waals surface area contributed by atoms with Crippen molar-refractivity contribution in [3.63, 3.8) is 0 Å². The summed E-state index contributed by atoms with van der Waals surface area (Å²) in [6.07, 6.45) is 5.27. The summed E-state index contributed by atoms with van der Waals surface area (Å²) in [6.45, 7) is 0.0619. The van der Waals surface area contributed by atoms with Crippen LogP contribution in [0.2, 0.25) is 0 Å². The normalized spacial score (nSPS) is 19.1. The summed E-state index contributed by atoms with van der Waals surface area (Å²) >= 11 is 5.10. The summed E-state index contributed by atoms with van der Waals surface area (Å²) in [5.41, 5.74) is 4.99. The average Bonchev–Trinajstić information content (AvgIpc) is 2.65. The van der Waals surface area contributed by atoms with Gasteiger partial charge in [-0.05, 0) is 19.9 Å². The topological polar surface area (TPSA) is 101 Å². The van der Waals surface area contributed by atoms with E-state index in [1.807, 2.05) is 0 Å². The standard InChI is InChI=1S/C12H23N3O3S2/c1-14-20(17,18)9-8-15-11(16)12(10(13)19)6-4-2-3-5-7-12/h14H,2-9H2,1H3,(H2,13,19)(H,15,16). The number of hydrogen-bond acceptors (Lipinski definition) is 4. The zero-order chi connectivity index (χ0) is 15.2. The molecule has 1 rings (SSSR count). The van der Waals surface area contributed by atoms with Crippen LogP contribution in [0.15, 0.2) is 0 Å². The maximum Gasteiger partial charge on any atom is 0.233 e. The number of rotatable bonds is 6. The lowest BCUT2D eigenvalue weighted by molar-refractivity contribution is -0.127. The van der Waals surface area contributed by atoms with Crippen LogP contribution in [0, 0.1) is 5.41 Å². The Hall–Kier alpha value is -0.730. The quantitative estimate of drug-likeness (QED) is 0.482. The summed E-state index contributed by atoms with van der Waals surface area (Å²) in [6, 6.07) is 0. The van der Waals surface area contributed by atoms with E-state index in [9.17, 15) is 13.2 Å². The number of amides is 1. The largest absolute Gasteiger partial charge is 0.392 e. The van der Waals surface area contributed by atoms with E-state index < -0.39 is 15.4 Å². The van der Waals surface area contributed by atoms with Crippen LogP contribution in [-0.2, 0) is 14.8 Å². The number of carbonyl (C=O) groups is 1. The van der Waals surface area contributed by atoms with Crippen molar-refractivity contribution in [1.29, 1.82) is 0 Å². The van der Waals surface area contributed by atoms with Crippen LogP contribution < -0.4 is 15.8 Å². The molecule has 1 aliphatic carbocycles. The molecule has 1 aliphatic rings. The molecule has 116 valence electrons. The monoisotopic (exact) mass is 321 g/mol. The molecule has 0 atom stereocenters. The first-order valence-electron chi connectivity index (χ1n) is 6.83. The van der Waals surface area contributed by atoms with Gasteiger partial charge in [0.05, 0.1) is 16.2 Å². The van der Waals surface area contributed by atoms with Gasteiger partial charge >= 0.3 is 0 Å². The lowest BCUT2D eigenvalue weighted by Gasteiger charge is -2.30. The molecule has 0 aromatic rings. The molecule has 0 bridgehead atoms. The van der Waals surface area contributed by atoms with E-state index in [0.717, 1.165) is 25.7 Å². The zero-order valence-corrected chi connectivity index (χ0v) is 13.4. The third-order valence-electron chi connectivity index (χ3n) is 3.83. The predicted molar refractivity (Wildman–Crippen MR) is 82.8 cm³/mol. The van der Waals surface area contributed by atoms with Crippen molar-refractivity contribution in [2.75, 3.05) is 19.3 Å². The van der Waals surface area contributed by atoms with Crippen molar-refractivity contribution < 1.29 is 13.2 Å². The van der Waals surface area contributed by atoms with Crippen molar-refractivity contribution in [3.8, 4) is 0 Å². The fraction of sp³-hybridized carbons (Fsp3) is 0.833. The second kappa shape index (κ2) is 7.33. The van der Waals surface area contributed by atoms with Crippen molar-refractivity contribution in [2.24, 2.45) is 11.1 Å². The van der Waals surface area contributed by atoms with Crippen molar-refractivity contribution in [1.82, 2.24) is 10.0 Å². The first-order valence-corrected chi connectivity index (χ1v) is 8.89. The van der Waals surface area contributed by atoms with Crippen LogP contribution in [0.1, 0.15) is 38.5 Å². The third-order valence-corrected chi connectivity index (χ3v) is 5.59. The second-order valence-electron chi connectivity index (χ2n) is 5.14. The lowest BCUT2D eigenvalue weighted by atomic mass is 9.79. The molecule has 1 fully saturated rings. The molecule has 0 spiro atoms. The van der Waals surface area contributed by atoms with Crippen LogP contribution in [0.3, 0.4) is 0 Å². The fourth-order valence-corrected chi connectivity index (χ4v) is 3.36. The molecule has 0 aromatic heterocycles. The van der Waals surface area contributed by atoms with Gasteiger partial charge in [0.1, 0.15) is 0 Å². The molecule has 1 amide bonds. The first kappa shape index (κ1) is 17.3. The Bertz CT molecular complexity index is 455. The van der Waals surface area contributed by atoms with E-state index in [1.165, 1.54) is 7.05 Å². The van der Waals surface area contributed by atoms with Crippen LogP contribution >= 0.6 is 12.2 Å². The number of hydrogen-bond donors (Lipinski definition) is 3. The lowest BCUT2D eigenvalue weighted by Crippen LogP contribution is -2.49. The highest BCUT2D eigenvalue weighted by molar-refractivity contribution is 7.89. The van der Waals surface area contributed by atoms with E-state index in [4.69, 9.17) is 18.0 Å². The minimum atomic E-state index is -3.32. The van der Waals surface area contributed by atoms with Gasteiger partial charge in [-0.25, -0.2) is 13.1 Å². The summed E-state index contributed by atoms with van der Waals surface area (Å²) in [5, 5.41) is 2.67. The van der Waals surface area contributed by atoms with Gasteiger partial charge in [0, 0.05) is 6.54 Å². The van der Waals surface area contributed by atoms with Gasteiger partial charge in [0.2, 0.25) is 15.9 Å². The molecule has 0 aliphatic heterocycles. The van der Waals surface area contributed by atoms with Crippen molar-refractivity contribution >= 4 is 33.1 Å². The van der Waals surface area contributed by atoms with Crippen molar-refractivity contribution in [2.45, 2.75) is 38.5 Å². The zero-order valence-electron chi connectivity index (χ0n) is 11.8. The molecule has 6 nitrogen and oxygen atoms in total. The maximum atomic E-state index is 12.4. The minimum absolute atomic E-state index is 0.0619. The van der Waals surface area contributed by atoms with Crippen LogP contribution in [0.25, 0.3) is 0 Å². The van der Waals surface area contributed by atoms with E-state index in [2.05, 4.69) is 10.0 Å². The highest BCUT2D eigenvalue weighted by Crippen LogP contribution is 2.35. The van der Waals surface area contributed by atoms with E-state index in [1.54, 1.807) is 0 Å². The highest BCUT2D eigenvalue weighted by Gasteiger charge is 2.41. The smallest absolute Gasteiger partial charge is 0.233 e. The SMILES string of the molecule is CNS(=O)(=O)CCNC(=O)C1(C(N)=S)CCCCCC1. The summed E-state index contributed by atoms with van der Waals surface area (Å²) in [5.74, 6) is -0.388. The summed E-state index contributed by atoms with van der Waals surface area (Å²) in [7, 11) is -1.98. The van der Waals surface area contributed by atoms with Crippen LogP contribution in [0.5, 0.6) is 0 Å². The number of nitrogens with two attached hydrogens (primary N) is 1. The number of nitrogens with one attached hydrogen (secondary N) is 2. The Morgan fingerprint density at radius 1 is 1.25 bits per heavy atom. The van der Waals surface area contributed by atoms with Crippen LogP contribution in [0.4, 0.5) is 0 Å². The molecule has 0 radical (unpaired) electrons. The molecule has 0 aromatic carbocycles. The Morgan fingerprint density at radius 3 is 2.25 bits per heavy atom. The highest BCUT2D eigenvalue weighted by atomic mass is 32.2. The molecule has 20 heavy (non-hydrogen) atoms. The van der Waals surface area contributed by atoms with Gasteiger partial charge < -0.3 is 11.1 Å². The van der Waals surface area contributed by atoms with Gasteiger partial charge in [-0.3, -0.25) is 4.79 Å². The number of sulfonamides is 1. The molecule has 1 saturated carbocycles. The summed E-state index contributed by atoms with van der Waals surface area (Å²) < 4.78 is 24.8. The molecule has 0 saturated heterocycles. The van der Waals surface area contributed by atoms with Crippen molar-refractivity contribution in [3.05, 3.63) is 0 Å².